The molecule has 112 valence electrons. The van der Waals surface area contributed by atoms with Crippen LogP contribution in [-0.4, -0.2) is 25.2 Å². The van der Waals surface area contributed by atoms with Crippen molar-refractivity contribution in [3.05, 3.63) is 48.3 Å². The average Bonchev–Trinajstić information content (AvgIpc) is 2.45. The number of rotatable bonds is 6. The molecule has 0 saturated carbocycles. The van der Waals surface area contributed by atoms with Crippen molar-refractivity contribution in [3.8, 4) is 5.75 Å². The second-order valence-electron chi connectivity index (χ2n) is 5.45. The normalized spacial score (nSPS) is 10.5. The summed E-state index contributed by atoms with van der Waals surface area (Å²) >= 11 is 0. The monoisotopic (exact) mass is 285 g/mol. The second kappa shape index (κ2) is 6.97. The van der Waals surface area contributed by atoms with Gasteiger partial charge in [0.15, 0.2) is 0 Å². The molecule has 0 amide bonds. The lowest BCUT2D eigenvalue weighted by Crippen LogP contribution is -2.12. The molecule has 0 aliphatic heterocycles. The third kappa shape index (κ3) is 4.38. The van der Waals surface area contributed by atoms with Crippen molar-refractivity contribution < 1.29 is 4.74 Å². The minimum atomic E-state index is 0.187. The van der Waals surface area contributed by atoms with Crippen LogP contribution in [0.25, 0.3) is 0 Å². The van der Waals surface area contributed by atoms with Crippen LogP contribution in [0, 0.1) is 0 Å². The van der Waals surface area contributed by atoms with Crippen molar-refractivity contribution in [2.24, 2.45) is 0 Å². The van der Waals surface area contributed by atoms with Crippen LogP contribution in [0.5, 0.6) is 5.75 Å². The number of pyridine rings is 1. The van der Waals surface area contributed by atoms with E-state index in [2.05, 4.69) is 27.3 Å². The Morgan fingerprint density at radius 1 is 1.24 bits per heavy atom. The quantitative estimate of drug-likeness (QED) is 0.881. The van der Waals surface area contributed by atoms with E-state index in [1.54, 1.807) is 6.20 Å². The molecule has 1 heterocycles. The predicted octanol–water partition coefficient (Wildman–Crippen LogP) is 3.55. The number of aromatic nitrogens is 1. The Kier molecular flexibility index (Phi) is 5.04. The fraction of sp³-hybridized carbons (Fsp3) is 0.353. The number of ether oxygens (including phenoxy) is 1. The highest BCUT2D eigenvalue weighted by atomic mass is 16.5. The molecule has 4 nitrogen and oxygen atoms in total. The molecule has 2 rings (SSSR count). The molecule has 0 unspecified atom stereocenters. The van der Waals surface area contributed by atoms with Gasteiger partial charge in [0.2, 0.25) is 0 Å². The van der Waals surface area contributed by atoms with Gasteiger partial charge in [-0.1, -0.05) is 12.1 Å². The standard InChI is InChI=1S/C17H23N3O/c1-13(2)21-15-7-5-6-14(10-15)11-19-16-12-18-9-8-17(16)20(3)4/h5-10,12-13,19H,11H2,1-4H3. The summed E-state index contributed by atoms with van der Waals surface area (Å²) in [6, 6.07) is 10.2. The van der Waals surface area contributed by atoms with Crippen molar-refractivity contribution in [2.75, 3.05) is 24.3 Å². The average molecular weight is 285 g/mol. The highest BCUT2D eigenvalue weighted by Gasteiger charge is 2.04. The molecule has 2 aromatic rings. The molecule has 1 aromatic carbocycles. The van der Waals surface area contributed by atoms with Crippen molar-refractivity contribution in [2.45, 2.75) is 26.5 Å². The Bertz CT molecular complexity index is 582. The van der Waals surface area contributed by atoms with Gasteiger partial charge in [-0.3, -0.25) is 4.98 Å². The minimum absolute atomic E-state index is 0.187. The number of nitrogens with zero attached hydrogens (tertiary/aromatic N) is 2. The molecule has 0 aliphatic rings. The van der Waals surface area contributed by atoms with E-state index in [1.165, 1.54) is 5.56 Å². The molecule has 0 radical (unpaired) electrons. The fourth-order valence-corrected chi connectivity index (χ4v) is 2.11. The molecule has 0 atom stereocenters. The number of benzene rings is 1. The first-order valence-corrected chi connectivity index (χ1v) is 7.17. The van der Waals surface area contributed by atoms with Gasteiger partial charge < -0.3 is 15.0 Å². The SMILES string of the molecule is CC(C)Oc1cccc(CNc2cnccc2N(C)C)c1. The largest absolute Gasteiger partial charge is 0.491 e. The van der Waals surface area contributed by atoms with E-state index in [-0.39, 0.29) is 6.10 Å². The van der Waals surface area contributed by atoms with Crippen molar-refractivity contribution in [3.63, 3.8) is 0 Å². The van der Waals surface area contributed by atoms with Gasteiger partial charge >= 0.3 is 0 Å². The van der Waals surface area contributed by atoms with E-state index >= 15 is 0 Å². The summed E-state index contributed by atoms with van der Waals surface area (Å²) in [6.45, 7) is 4.80. The van der Waals surface area contributed by atoms with Gasteiger partial charge in [0.05, 0.1) is 23.7 Å². The topological polar surface area (TPSA) is 37.4 Å². The lowest BCUT2D eigenvalue weighted by molar-refractivity contribution is 0.242. The second-order valence-corrected chi connectivity index (χ2v) is 5.45. The summed E-state index contributed by atoms with van der Waals surface area (Å²) in [5.41, 5.74) is 3.33. The van der Waals surface area contributed by atoms with Crippen molar-refractivity contribution in [1.82, 2.24) is 4.98 Å². The summed E-state index contributed by atoms with van der Waals surface area (Å²) in [6.07, 6.45) is 3.84. The molecular weight excluding hydrogens is 262 g/mol. The number of hydrogen-bond donors (Lipinski definition) is 1. The smallest absolute Gasteiger partial charge is 0.120 e. The van der Waals surface area contributed by atoms with Crippen molar-refractivity contribution >= 4 is 11.4 Å². The van der Waals surface area contributed by atoms with Crippen LogP contribution >= 0.6 is 0 Å². The maximum Gasteiger partial charge on any atom is 0.120 e. The zero-order chi connectivity index (χ0) is 15.2. The van der Waals surface area contributed by atoms with Crippen LogP contribution in [0.4, 0.5) is 11.4 Å². The van der Waals surface area contributed by atoms with Crippen LogP contribution in [-0.2, 0) is 6.54 Å². The van der Waals surface area contributed by atoms with E-state index in [0.717, 1.165) is 23.7 Å². The molecule has 0 fully saturated rings. The molecule has 0 saturated heterocycles. The van der Waals surface area contributed by atoms with Gasteiger partial charge in [0.1, 0.15) is 5.75 Å². The van der Waals surface area contributed by atoms with E-state index in [0.29, 0.717) is 0 Å². The molecule has 21 heavy (non-hydrogen) atoms. The first-order chi connectivity index (χ1) is 10.1. The zero-order valence-electron chi connectivity index (χ0n) is 13.1. The summed E-state index contributed by atoms with van der Waals surface area (Å²) in [5.74, 6) is 0.906. The van der Waals surface area contributed by atoms with Gasteiger partial charge in [0.25, 0.3) is 0 Å². The van der Waals surface area contributed by atoms with E-state index in [9.17, 15) is 0 Å². The maximum atomic E-state index is 5.72. The summed E-state index contributed by atoms with van der Waals surface area (Å²) in [4.78, 5) is 6.25. The third-order valence-electron chi connectivity index (χ3n) is 3.03. The van der Waals surface area contributed by atoms with Gasteiger partial charge in [-0.15, -0.1) is 0 Å². The lowest BCUT2D eigenvalue weighted by Gasteiger charge is -2.18. The van der Waals surface area contributed by atoms with Crippen LogP contribution < -0.4 is 15.0 Å². The van der Waals surface area contributed by atoms with E-state index in [4.69, 9.17) is 4.74 Å². The van der Waals surface area contributed by atoms with Crippen LogP contribution in [0.15, 0.2) is 42.7 Å². The fourth-order valence-electron chi connectivity index (χ4n) is 2.11. The molecule has 0 bridgehead atoms. The number of anilines is 2. The Morgan fingerprint density at radius 3 is 2.76 bits per heavy atom. The van der Waals surface area contributed by atoms with E-state index < -0.39 is 0 Å². The lowest BCUT2D eigenvalue weighted by atomic mass is 10.2. The summed E-state index contributed by atoms with van der Waals surface area (Å²) < 4.78 is 5.72. The Labute approximate surface area is 126 Å². The Morgan fingerprint density at radius 2 is 2.05 bits per heavy atom. The third-order valence-corrected chi connectivity index (χ3v) is 3.03. The predicted molar refractivity (Wildman–Crippen MR) is 88.1 cm³/mol. The Balaban J connectivity index is 2.06. The summed E-state index contributed by atoms with van der Waals surface area (Å²) in [5, 5.41) is 3.43. The number of hydrogen-bond acceptors (Lipinski definition) is 4. The van der Waals surface area contributed by atoms with Crippen LogP contribution in [0.3, 0.4) is 0 Å². The minimum Gasteiger partial charge on any atom is -0.491 e. The Hall–Kier alpha value is -2.23. The van der Waals surface area contributed by atoms with E-state index in [1.807, 2.05) is 52.3 Å². The van der Waals surface area contributed by atoms with Gasteiger partial charge in [-0.25, -0.2) is 0 Å². The van der Waals surface area contributed by atoms with Crippen molar-refractivity contribution in [1.29, 1.82) is 0 Å². The number of nitrogens with one attached hydrogen (secondary N) is 1. The van der Waals surface area contributed by atoms with Gasteiger partial charge in [0, 0.05) is 26.8 Å². The molecule has 0 spiro atoms. The first kappa shape index (κ1) is 15.2. The highest BCUT2D eigenvalue weighted by Crippen LogP contribution is 2.23. The maximum absolute atomic E-state index is 5.72. The molecule has 1 aromatic heterocycles. The molecule has 1 N–H and O–H groups in total. The first-order valence-electron chi connectivity index (χ1n) is 7.17. The van der Waals surface area contributed by atoms with Crippen LogP contribution in [0.2, 0.25) is 0 Å². The van der Waals surface area contributed by atoms with Gasteiger partial charge in [-0.2, -0.15) is 0 Å². The van der Waals surface area contributed by atoms with Crippen LogP contribution in [0.1, 0.15) is 19.4 Å². The van der Waals surface area contributed by atoms with Gasteiger partial charge in [-0.05, 0) is 37.6 Å². The summed E-state index contributed by atoms with van der Waals surface area (Å²) in [7, 11) is 4.05. The molecule has 4 heteroatoms. The molecule has 0 aliphatic carbocycles. The zero-order valence-corrected chi connectivity index (χ0v) is 13.1. The molecular formula is C17H23N3O. The highest BCUT2D eigenvalue weighted by molar-refractivity contribution is 5.68.